The predicted octanol–water partition coefficient (Wildman–Crippen LogP) is 2.98. The number of furan rings is 1. The first-order chi connectivity index (χ1) is 11.2. The van der Waals surface area contributed by atoms with Crippen LogP contribution in [0.15, 0.2) is 47.1 Å². The zero-order valence-corrected chi connectivity index (χ0v) is 15.7. The summed E-state index contributed by atoms with van der Waals surface area (Å²) >= 11 is 0. The lowest BCUT2D eigenvalue weighted by Crippen LogP contribution is -2.47. The van der Waals surface area contributed by atoms with E-state index in [2.05, 4.69) is 34.5 Å². The Hall–Kier alpha value is -1.53. The molecule has 1 aromatic heterocycles. The summed E-state index contributed by atoms with van der Waals surface area (Å²) in [5.41, 5.74) is 7.36. The smallest absolute Gasteiger partial charge is 0.254 e. The third-order valence-corrected chi connectivity index (χ3v) is 4.21. The molecule has 7 heteroatoms. The second-order valence-electron chi connectivity index (χ2n) is 6.04. The number of halogens is 2. The van der Waals surface area contributed by atoms with Gasteiger partial charge in [-0.05, 0) is 31.0 Å². The lowest BCUT2D eigenvalue weighted by molar-refractivity contribution is 0.0900. The van der Waals surface area contributed by atoms with Gasteiger partial charge in [-0.15, -0.1) is 24.8 Å². The van der Waals surface area contributed by atoms with Crippen LogP contribution >= 0.6 is 24.8 Å². The molecule has 1 unspecified atom stereocenters. The van der Waals surface area contributed by atoms with Crippen molar-refractivity contribution in [3.05, 3.63) is 59.5 Å². The van der Waals surface area contributed by atoms with Gasteiger partial charge in [-0.1, -0.05) is 30.3 Å². The second-order valence-corrected chi connectivity index (χ2v) is 6.04. The van der Waals surface area contributed by atoms with Crippen LogP contribution in [0.4, 0.5) is 0 Å². The maximum Gasteiger partial charge on any atom is 0.254 e. The Balaban J connectivity index is 0.00000156. The number of rotatable bonds is 5. The molecule has 1 atom stereocenters. The van der Waals surface area contributed by atoms with Gasteiger partial charge in [0.15, 0.2) is 0 Å². The molecular weight excluding hydrogens is 361 g/mol. The first kappa shape index (κ1) is 21.5. The van der Waals surface area contributed by atoms with Crippen LogP contribution in [0.3, 0.4) is 0 Å². The summed E-state index contributed by atoms with van der Waals surface area (Å²) in [5, 5.41) is 3.11. The van der Waals surface area contributed by atoms with Gasteiger partial charge in [0.1, 0.15) is 12.0 Å². The highest BCUT2D eigenvalue weighted by Gasteiger charge is 2.22. The third-order valence-electron chi connectivity index (χ3n) is 4.21. The zero-order valence-electron chi connectivity index (χ0n) is 14.0. The van der Waals surface area contributed by atoms with Crippen LogP contribution in [0.2, 0.25) is 0 Å². The summed E-state index contributed by atoms with van der Waals surface area (Å²) in [5.74, 6) is 0.546. The summed E-state index contributed by atoms with van der Waals surface area (Å²) in [6, 6.07) is 12.3. The number of nitrogens with zero attached hydrogens (tertiary/aromatic N) is 1. The molecule has 1 saturated heterocycles. The van der Waals surface area contributed by atoms with Crippen molar-refractivity contribution in [2.45, 2.75) is 32.0 Å². The van der Waals surface area contributed by atoms with Crippen LogP contribution in [0, 0.1) is 0 Å². The second kappa shape index (κ2) is 10.5. The Kier molecular flexibility index (Phi) is 9.00. The van der Waals surface area contributed by atoms with E-state index < -0.39 is 0 Å². The Labute approximate surface area is 160 Å². The first-order valence-corrected chi connectivity index (χ1v) is 8.09. The summed E-state index contributed by atoms with van der Waals surface area (Å²) in [4.78, 5) is 14.7. The monoisotopic (exact) mass is 385 g/mol. The number of amides is 1. The number of piperidine rings is 1. The van der Waals surface area contributed by atoms with Crippen LogP contribution in [-0.2, 0) is 13.1 Å². The van der Waals surface area contributed by atoms with Crippen molar-refractivity contribution >= 4 is 30.7 Å². The van der Waals surface area contributed by atoms with Gasteiger partial charge in [0.2, 0.25) is 0 Å². The highest BCUT2D eigenvalue weighted by molar-refractivity contribution is 5.94. The molecule has 1 aliphatic rings. The van der Waals surface area contributed by atoms with E-state index in [1.807, 2.05) is 6.07 Å². The number of nitrogens with one attached hydrogen (secondary N) is 1. The normalized spacial score (nSPS) is 17.2. The molecule has 25 heavy (non-hydrogen) atoms. The van der Waals surface area contributed by atoms with E-state index in [-0.39, 0.29) is 36.8 Å². The number of nitrogens with two attached hydrogens (primary N) is 1. The van der Waals surface area contributed by atoms with Gasteiger partial charge >= 0.3 is 0 Å². The van der Waals surface area contributed by atoms with Gasteiger partial charge in [-0.25, -0.2) is 0 Å². The number of benzene rings is 1. The molecule has 3 N–H and O–H groups in total. The average molecular weight is 386 g/mol. The van der Waals surface area contributed by atoms with Gasteiger partial charge < -0.3 is 15.5 Å². The molecule has 138 valence electrons. The molecule has 0 aliphatic carbocycles. The summed E-state index contributed by atoms with van der Waals surface area (Å²) in [6.07, 6.45) is 3.58. The van der Waals surface area contributed by atoms with Crippen LogP contribution < -0.4 is 11.1 Å². The number of likely N-dealkylation sites (tertiary alicyclic amines) is 1. The van der Waals surface area contributed by atoms with Gasteiger partial charge in [-0.2, -0.15) is 0 Å². The van der Waals surface area contributed by atoms with E-state index in [1.165, 1.54) is 11.8 Å². The number of hydrogen-bond acceptors (Lipinski definition) is 4. The molecule has 1 aromatic carbocycles. The quantitative estimate of drug-likeness (QED) is 0.829. The van der Waals surface area contributed by atoms with Crippen molar-refractivity contribution in [1.29, 1.82) is 0 Å². The van der Waals surface area contributed by atoms with E-state index in [4.69, 9.17) is 10.2 Å². The van der Waals surface area contributed by atoms with Crippen LogP contribution in [0.1, 0.15) is 34.5 Å². The lowest BCUT2D eigenvalue weighted by Gasteiger charge is -2.33. The van der Waals surface area contributed by atoms with Crippen molar-refractivity contribution in [2.75, 3.05) is 13.1 Å². The Morgan fingerprint density at radius 3 is 2.72 bits per heavy atom. The van der Waals surface area contributed by atoms with Gasteiger partial charge in [0.25, 0.3) is 5.91 Å². The van der Waals surface area contributed by atoms with E-state index >= 15 is 0 Å². The zero-order chi connectivity index (χ0) is 16.1. The first-order valence-electron chi connectivity index (χ1n) is 8.09. The van der Waals surface area contributed by atoms with Crippen LogP contribution in [0.5, 0.6) is 0 Å². The minimum absolute atomic E-state index is 0. The van der Waals surface area contributed by atoms with E-state index in [0.717, 1.165) is 32.5 Å². The predicted molar refractivity (Wildman–Crippen MR) is 103 cm³/mol. The molecule has 0 spiro atoms. The molecule has 2 aromatic rings. The Morgan fingerprint density at radius 1 is 1.28 bits per heavy atom. The van der Waals surface area contributed by atoms with Crippen molar-refractivity contribution < 1.29 is 9.21 Å². The van der Waals surface area contributed by atoms with Crippen molar-refractivity contribution in [3.8, 4) is 0 Å². The molecule has 3 rings (SSSR count). The van der Waals surface area contributed by atoms with Crippen LogP contribution in [-0.4, -0.2) is 29.9 Å². The van der Waals surface area contributed by atoms with Crippen molar-refractivity contribution in [1.82, 2.24) is 10.2 Å². The minimum atomic E-state index is -0.0833. The van der Waals surface area contributed by atoms with Gasteiger partial charge in [0.05, 0.1) is 12.1 Å². The summed E-state index contributed by atoms with van der Waals surface area (Å²) in [7, 11) is 0. The van der Waals surface area contributed by atoms with E-state index in [1.54, 1.807) is 6.07 Å². The molecule has 0 saturated carbocycles. The molecular formula is C18H25Cl2N3O2. The molecule has 0 radical (unpaired) electrons. The number of carbonyl (C=O) groups excluding carboxylic acids is 1. The highest BCUT2D eigenvalue weighted by atomic mass is 35.5. The fraction of sp³-hybridized carbons (Fsp3) is 0.389. The molecule has 5 nitrogen and oxygen atoms in total. The fourth-order valence-electron chi connectivity index (χ4n) is 3.03. The van der Waals surface area contributed by atoms with E-state index in [0.29, 0.717) is 17.9 Å². The molecule has 0 bridgehead atoms. The average Bonchev–Trinajstić information content (AvgIpc) is 3.05. The molecule has 1 aliphatic heterocycles. The summed E-state index contributed by atoms with van der Waals surface area (Å²) in [6.45, 7) is 3.18. The Morgan fingerprint density at radius 2 is 2.04 bits per heavy atom. The molecule has 1 fully saturated rings. The van der Waals surface area contributed by atoms with E-state index in [9.17, 15) is 4.79 Å². The lowest BCUT2D eigenvalue weighted by atomic mass is 10.0. The standard InChI is InChI=1S/C18H23N3O2.2ClH/c19-10-17-9-15(13-23-17)18(22)20-16-7-4-8-21(12-16)11-14-5-2-1-3-6-14;;/h1-3,5-6,9,13,16H,4,7-8,10-12,19H2,(H,20,22);2*1H. The highest BCUT2D eigenvalue weighted by Crippen LogP contribution is 2.15. The maximum atomic E-state index is 12.3. The Bertz CT molecular complexity index is 649. The third kappa shape index (κ3) is 6.04. The number of hydrogen-bond donors (Lipinski definition) is 2. The minimum Gasteiger partial charge on any atom is -0.467 e. The topological polar surface area (TPSA) is 71.5 Å². The van der Waals surface area contributed by atoms with Crippen molar-refractivity contribution in [3.63, 3.8) is 0 Å². The number of carbonyl (C=O) groups is 1. The van der Waals surface area contributed by atoms with Gasteiger partial charge in [-0.3, -0.25) is 9.69 Å². The van der Waals surface area contributed by atoms with Crippen LogP contribution in [0.25, 0.3) is 0 Å². The van der Waals surface area contributed by atoms with Crippen molar-refractivity contribution in [2.24, 2.45) is 5.73 Å². The fourth-order valence-corrected chi connectivity index (χ4v) is 3.03. The maximum absolute atomic E-state index is 12.3. The SMILES string of the molecule is Cl.Cl.NCc1cc(C(=O)NC2CCCN(Cc3ccccc3)C2)co1. The molecule has 2 heterocycles. The largest absolute Gasteiger partial charge is 0.467 e. The van der Waals surface area contributed by atoms with Gasteiger partial charge in [0, 0.05) is 19.1 Å². The molecule has 1 amide bonds. The summed E-state index contributed by atoms with van der Waals surface area (Å²) < 4.78 is 5.23.